The molecule has 9 heteroatoms. The van der Waals surface area contributed by atoms with Gasteiger partial charge in [0.1, 0.15) is 5.01 Å². The van der Waals surface area contributed by atoms with Crippen LogP contribution in [0.5, 0.6) is 0 Å². The fraction of sp³-hybridized carbons (Fsp3) is 0.615. The number of amides is 2. The summed E-state index contributed by atoms with van der Waals surface area (Å²) >= 11 is 2.47. The maximum absolute atomic E-state index is 12.3. The zero-order valence-corrected chi connectivity index (χ0v) is 13.8. The summed E-state index contributed by atoms with van der Waals surface area (Å²) in [6.45, 7) is 2.08. The van der Waals surface area contributed by atoms with Crippen molar-refractivity contribution in [3.05, 3.63) is 5.01 Å². The SMILES string of the molecule is CCCCc1nnc(N2C(=O)CC(SCCC(=O)O)C2=O)s1. The lowest BCUT2D eigenvalue weighted by Crippen LogP contribution is -2.31. The van der Waals surface area contributed by atoms with E-state index in [1.54, 1.807) is 0 Å². The minimum atomic E-state index is -0.911. The number of hydrogen-bond acceptors (Lipinski definition) is 7. The molecule has 1 aromatic heterocycles. The summed E-state index contributed by atoms with van der Waals surface area (Å²) in [6, 6.07) is 0. The Morgan fingerprint density at radius 2 is 2.23 bits per heavy atom. The molecule has 1 aliphatic heterocycles. The number of carboxylic acid groups (broad SMARTS) is 1. The van der Waals surface area contributed by atoms with Crippen molar-refractivity contribution in [2.45, 2.75) is 44.3 Å². The summed E-state index contributed by atoms with van der Waals surface area (Å²) in [7, 11) is 0. The van der Waals surface area contributed by atoms with Crippen LogP contribution in [0.4, 0.5) is 5.13 Å². The molecule has 22 heavy (non-hydrogen) atoms. The Balaban J connectivity index is 1.99. The van der Waals surface area contributed by atoms with Crippen LogP contribution in [-0.2, 0) is 20.8 Å². The first-order valence-electron chi connectivity index (χ1n) is 7.05. The number of aromatic nitrogens is 2. The van der Waals surface area contributed by atoms with E-state index in [-0.39, 0.29) is 24.7 Å². The van der Waals surface area contributed by atoms with Crippen molar-refractivity contribution in [2.75, 3.05) is 10.7 Å². The van der Waals surface area contributed by atoms with Gasteiger partial charge in [0.25, 0.3) is 0 Å². The van der Waals surface area contributed by atoms with Gasteiger partial charge in [-0.1, -0.05) is 24.7 Å². The van der Waals surface area contributed by atoms with Crippen LogP contribution in [-0.4, -0.2) is 44.1 Å². The molecule has 2 heterocycles. The predicted molar refractivity (Wildman–Crippen MR) is 84.1 cm³/mol. The Bertz CT molecular complexity index is 575. The van der Waals surface area contributed by atoms with Gasteiger partial charge in [0.2, 0.25) is 16.9 Å². The van der Waals surface area contributed by atoms with E-state index < -0.39 is 11.2 Å². The van der Waals surface area contributed by atoms with E-state index in [0.29, 0.717) is 10.9 Å². The first-order valence-corrected chi connectivity index (χ1v) is 8.92. The minimum Gasteiger partial charge on any atom is -0.481 e. The minimum absolute atomic E-state index is 0.0252. The first kappa shape index (κ1) is 16.9. The molecule has 1 aliphatic rings. The van der Waals surface area contributed by atoms with Crippen LogP contribution in [0, 0.1) is 0 Å². The van der Waals surface area contributed by atoms with Gasteiger partial charge in [-0.05, 0) is 6.42 Å². The number of unbranched alkanes of at least 4 members (excludes halogenated alkanes) is 1. The highest BCUT2D eigenvalue weighted by Crippen LogP contribution is 2.31. The van der Waals surface area contributed by atoms with Crippen LogP contribution >= 0.6 is 23.1 Å². The number of thioether (sulfide) groups is 1. The number of rotatable bonds is 8. The van der Waals surface area contributed by atoms with Crippen molar-refractivity contribution >= 4 is 46.0 Å². The third-order valence-electron chi connectivity index (χ3n) is 3.13. The summed E-state index contributed by atoms with van der Waals surface area (Å²) in [5, 5.41) is 17.2. The number of anilines is 1. The maximum atomic E-state index is 12.3. The summed E-state index contributed by atoms with van der Waals surface area (Å²) in [4.78, 5) is 35.9. The van der Waals surface area contributed by atoms with E-state index in [2.05, 4.69) is 17.1 Å². The molecule has 1 N–H and O–H groups in total. The molecule has 0 bridgehead atoms. The summed E-state index contributed by atoms with van der Waals surface area (Å²) in [5.74, 6) is -1.22. The highest BCUT2D eigenvalue weighted by atomic mass is 32.2. The molecule has 0 aromatic carbocycles. The van der Waals surface area contributed by atoms with E-state index in [4.69, 9.17) is 5.11 Å². The molecule has 2 amide bonds. The standard InChI is InChI=1S/C13H17N3O4S2/c1-2-3-4-9-14-15-13(22-9)16-10(17)7-8(12(16)20)21-6-5-11(18)19/h8H,2-7H2,1H3,(H,18,19). The quantitative estimate of drug-likeness (QED) is 0.717. The Morgan fingerprint density at radius 1 is 1.45 bits per heavy atom. The molecule has 1 fully saturated rings. The van der Waals surface area contributed by atoms with Crippen molar-refractivity contribution < 1.29 is 19.5 Å². The average molecular weight is 343 g/mol. The molecule has 1 atom stereocenters. The van der Waals surface area contributed by atoms with E-state index in [1.807, 2.05) is 0 Å². The van der Waals surface area contributed by atoms with Gasteiger partial charge in [0.05, 0.1) is 11.7 Å². The van der Waals surface area contributed by atoms with Gasteiger partial charge in [-0.15, -0.1) is 22.0 Å². The molecule has 7 nitrogen and oxygen atoms in total. The van der Waals surface area contributed by atoms with E-state index >= 15 is 0 Å². The fourth-order valence-electron chi connectivity index (χ4n) is 1.99. The average Bonchev–Trinajstić information content (AvgIpc) is 3.01. The van der Waals surface area contributed by atoms with Crippen molar-refractivity contribution in [3.8, 4) is 0 Å². The molecule has 0 spiro atoms. The molecule has 120 valence electrons. The predicted octanol–water partition coefficient (Wildman–Crippen LogP) is 1.72. The Labute approximate surface area is 136 Å². The van der Waals surface area contributed by atoms with E-state index in [9.17, 15) is 14.4 Å². The summed E-state index contributed by atoms with van der Waals surface area (Å²) in [6.07, 6.45) is 2.89. The lowest BCUT2D eigenvalue weighted by Gasteiger charge is -2.10. The molecule has 0 aliphatic carbocycles. The zero-order valence-electron chi connectivity index (χ0n) is 12.2. The van der Waals surface area contributed by atoms with Gasteiger partial charge in [-0.25, -0.2) is 4.90 Å². The van der Waals surface area contributed by atoms with Gasteiger partial charge in [-0.3, -0.25) is 14.4 Å². The number of carbonyl (C=O) groups excluding carboxylic acids is 2. The van der Waals surface area contributed by atoms with Crippen LogP contribution in [0.2, 0.25) is 0 Å². The number of imide groups is 1. The second-order valence-corrected chi connectivity index (χ2v) is 7.21. The lowest BCUT2D eigenvalue weighted by molar-refractivity contribution is -0.136. The first-order chi connectivity index (χ1) is 10.5. The fourth-order valence-corrected chi connectivity index (χ4v) is 3.98. The number of hydrogen-bond donors (Lipinski definition) is 1. The van der Waals surface area contributed by atoms with Gasteiger partial charge < -0.3 is 5.11 Å². The van der Waals surface area contributed by atoms with Gasteiger partial charge in [0.15, 0.2) is 0 Å². The monoisotopic (exact) mass is 343 g/mol. The topological polar surface area (TPSA) is 100 Å². The van der Waals surface area contributed by atoms with Crippen LogP contribution < -0.4 is 4.90 Å². The molecular formula is C13H17N3O4S2. The molecule has 2 rings (SSSR count). The van der Waals surface area contributed by atoms with Gasteiger partial charge >= 0.3 is 5.97 Å². The second kappa shape index (κ2) is 7.68. The number of aliphatic carboxylic acids is 1. The van der Waals surface area contributed by atoms with Crippen LogP contribution in [0.25, 0.3) is 0 Å². The van der Waals surface area contributed by atoms with Crippen molar-refractivity contribution in [1.29, 1.82) is 0 Å². The molecular weight excluding hydrogens is 326 g/mol. The Morgan fingerprint density at radius 3 is 2.91 bits per heavy atom. The summed E-state index contributed by atoms with van der Waals surface area (Å²) < 4.78 is 0. The van der Waals surface area contributed by atoms with Crippen molar-refractivity contribution in [2.24, 2.45) is 0 Å². The van der Waals surface area contributed by atoms with Crippen LogP contribution in [0.15, 0.2) is 0 Å². The molecule has 1 aromatic rings. The van der Waals surface area contributed by atoms with Crippen LogP contribution in [0.1, 0.15) is 37.6 Å². The number of carbonyl (C=O) groups is 3. The molecule has 1 unspecified atom stereocenters. The highest BCUT2D eigenvalue weighted by Gasteiger charge is 2.41. The van der Waals surface area contributed by atoms with Crippen LogP contribution in [0.3, 0.4) is 0 Å². The van der Waals surface area contributed by atoms with E-state index in [0.717, 1.165) is 29.2 Å². The zero-order chi connectivity index (χ0) is 16.1. The highest BCUT2D eigenvalue weighted by molar-refractivity contribution is 8.00. The number of carboxylic acids is 1. The Hall–Kier alpha value is -1.48. The van der Waals surface area contributed by atoms with E-state index in [1.165, 1.54) is 23.1 Å². The smallest absolute Gasteiger partial charge is 0.304 e. The third kappa shape index (κ3) is 4.04. The van der Waals surface area contributed by atoms with Crippen molar-refractivity contribution in [1.82, 2.24) is 10.2 Å². The van der Waals surface area contributed by atoms with Gasteiger partial charge in [-0.2, -0.15) is 0 Å². The molecule has 1 saturated heterocycles. The molecule has 0 saturated carbocycles. The summed E-state index contributed by atoms with van der Waals surface area (Å²) in [5.41, 5.74) is 0. The Kier molecular flexibility index (Phi) is 5.90. The van der Waals surface area contributed by atoms with Gasteiger partial charge in [0, 0.05) is 18.6 Å². The second-order valence-electron chi connectivity index (χ2n) is 4.86. The van der Waals surface area contributed by atoms with Crippen molar-refractivity contribution in [3.63, 3.8) is 0 Å². The number of aryl methyl sites for hydroxylation is 1. The normalized spacial score (nSPS) is 18.2. The third-order valence-corrected chi connectivity index (χ3v) is 5.31. The lowest BCUT2D eigenvalue weighted by atomic mass is 10.3. The maximum Gasteiger partial charge on any atom is 0.304 e. The largest absolute Gasteiger partial charge is 0.481 e. The number of nitrogens with zero attached hydrogens (tertiary/aromatic N) is 3. The molecule has 0 radical (unpaired) electrons.